The number of carbonyl (C=O) groups is 3. The Bertz CT molecular complexity index is 1470. The molecular formula is C63H102O6. The highest BCUT2D eigenvalue weighted by Gasteiger charge is 2.19. The maximum Gasteiger partial charge on any atom is 0.306 e. The van der Waals surface area contributed by atoms with Gasteiger partial charge in [-0.2, -0.15) is 0 Å². The van der Waals surface area contributed by atoms with Crippen molar-refractivity contribution in [2.24, 2.45) is 0 Å². The zero-order chi connectivity index (χ0) is 50.0. The first-order valence-corrected chi connectivity index (χ1v) is 28.0. The predicted octanol–water partition coefficient (Wildman–Crippen LogP) is 18.9. The topological polar surface area (TPSA) is 78.9 Å². The second kappa shape index (κ2) is 56.4. The van der Waals surface area contributed by atoms with Crippen LogP contribution in [-0.2, 0) is 28.6 Å². The van der Waals surface area contributed by atoms with Gasteiger partial charge >= 0.3 is 17.9 Å². The lowest BCUT2D eigenvalue weighted by atomic mass is 10.1. The van der Waals surface area contributed by atoms with Crippen molar-refractivity contribution >= 4 is 17.9 Å². The van der Waals surface area contributed by atoms with Crippen LogP contribution in [0.15, 0.2) is 122 Å². The third-order valence-electron chi connectivity index (χ3n) is 11.5. The molecule has 0 N–H and O–H groups in total. The molecule has 1 unspecified atom stereocenters. The van der Waals surface area contributed by atoms with Crippen molar-refractivity contribution < 1.29 is 28.6 Å². The molecule has 0 rings (SSSR count). The number of rotatable bonds is 49. The summed E-state index contributed by atoms with van der Waals surface area (Å²) >= 11 is 0. The Kier molecular flexibility index (Phi) is 53.0. The van der Waals surface area contributed by atoms with E-state index < -0.39 is 6.10 Å². The molecule has 0 radical (unpaired) electrons. The summed E-state index contributed by atoms with van der Waals surface area (Å²) in [5.41, 5.74) is 0. The smallest absolute Gasteiger partial charge is 0.306 e. The van der Waals surface area contributed by atoms with Gasteiger partial charge < -0.3 is 14.2 Å². The number of allylic oxidation sites excluding steroid dienone is 20. The van der Waals surface area contributed by atoms with Gasteiger partial charge in [-0.15, -0.1) is 0 Å². The molecule has 0 saturated carbocycles. The molecule has 0 bridgehead atoms. The van der Waals surface area contributed by atoms with Gasteiger partial charge in [0.1, 0.15) is 13.2 Å². The maximum atomic E-state index is 12.8. The summed E-state index contributed by atoms with van der Waals surface area (Å²) < 4.78 is 16.7. The molecule has 0 fully saturated rings. The van der Waals surface area contributed by atoms with Crippen molar-refractivity contribution in [2.75, 3.05) is 13.2 Å². The van der Waals surface area contributed by atoms with Crippen LogP contribution < -0.4 is 0 Å². The molecule has 0 aliphatic carbocycles. The Morgan fingerprint density at radius 3 is 0.928 bits per heavy atom. The van der Waals surface area contributed by atoms with Gasteiger partial charge in [-0.05, 0) is 103 Å². The van der Waals surface area contributed by atoms with Gasteiger partial charge in [-0.3, -0.25) is 14.4 Å². The minimum Gasteiger partial charge on any atom is -0.462 e. The molecule has 1 atom stereocenters. The van der Waals surface area contributed by atoms with Crippen molar-refractivity contribution in [3.8, 4) is 0 Å². The first-order valence-electron chi connectivity index (χ1n) is 28.0. The van der Waals surface area contributed by atoms with Gasteiger partial charge in [0, 0.05) is 19.3 Å². The number of hydrogen-bond acceptors (Lipinski definition) is 6. The van der Waals surface area contributed by atoms with Crippen molar-refractivity contribution in [2.45, 2.75) is 245 Å². The largest absolute Gasteiger partial charge is 0.462 e. The van der Waals surface area contributed by atoms with E-state index in [0.29, 0.717) is 19.3 Å². The van der Waals surface area contributed by atoms with Crippen LogP contribution in [0.25, 0.3) is 0 Å². The first-order chi connectivity index (χ1) is 34.0. The van der Waals surface area contributed by atoms with Gasteiger partial charge in [-0.25, -0.2) is 0 Å². The van der Waals surface area contributed by atoms with Crippen molar-refractivity contribution in [3.05, 3.63) is 122 Å². The fraction of sp³-hybridized carbons (Fsp3) is 0.635. The van der Waals surface area contributed by atoms with Gasteiger partial charge in [0.15, 0.2) is 6.10 Å². The van der Waals surface area contributed by atoms with Gasteiger partial charge in [-0.1, -0.05) is 239 Å². The van der Waals surface area contributed by atoms with Crippen LogP contribution in [0.1, 0.15) is 239 Å². The Balaban J connectivity index is 4.35. The first kappa shape index (κ1) is 64.8. The minimum atomic E-state index is -0.811. The van der Waals surface area contributed by atoms with Crippen LogP contribution >= 0.6 is 0 Å². The molecule has 390 valence electrons. The van der Waals surface area contributed by atoms with Crippen LogP contribution in [0.2, 0.25) is 0 Å². The molecule has 0 spiro atoms. The molecule has 69 heavy (non-hydrogen) atoms. The number of hydrogen-bond donors (Lipinski definition) is 0. The minimum absolute atomic E-state index is 0.104. The number of carbonyl (C=O) groups excluding carboxylic acids is 3. The van der Waals surface area contributed by atoms with Crippen LogP contribution in [0.4, 0.5) is 0 Å². The van der Waals surface area contributed by atoms with Crippen molar-refractivity contribution in [3.63, 3.8) is 0 Å². The third kappa shape index (κ3) is 54.6. The van der Waals surface area contributed by atoms with E-state index in [1.807, 2.05) is 0 Å². The zero-order valence-electron chi connectivity index (χ0n) is 44.5. The quantitative estimate of drug-likeness (QED) is 0.0262. The van der Waals surface area contributed by atoms with E-state index in [1.165, 1.54) is 77.0 Å². The van der Waals surface area contributed by atoms with Gasteiger partial charge in [0.05, 0.1) is 0 Å². The van der Waals surface area contributed by atoms with E-state index >= 15 is 0 Å². The van der Waals surface area contributed by atoms with Crippen LogP contribution in [0, 0.1) is 0 Å². The molecule has 0 aromatic carbocycles. The summed E-state index contributed by atoms with van der Waals surface area (Å²) in [5.74, 6) is -0.975. The average Bonchev–Trinajstić information content (AvgIpc) is 3.35. The number of unbranched alkanes of at least 4 members (excludes halogenated alkanes) is 18. The summed E-state index contributed by atoms with van der Waals surface area (Å²) in [4.78, 5) is 38.0. The Morgan fingerprint density at radius 1 is 0.304 bits per heavy atom. The highest BCUT2D eigenvalue weighted by atomic mass is 16.6. The van der Waals surface area contributed by atoms with E-state index in [2.05, 4.69) is 142 Å². The fourth-order valence-corrected chi connectivity index (χ4v) is 7.33. The van der Waals surface area contributed by atoms with E-state index in [4.69, 9.17) is 14.2 Å². The third-order valence-corrected chi connectivity index (χ3v) is 11.5. The van der Waals surface area contributed by atoms with Crippen molar-refractivity contribution in [1.82, 2.24) is 0 Å². The summed E-state index contributed by atoms with van der Waals surface area (Å²) in [6.45, 7) is 6.33. The summed E-state index contributed by atoms with van der Waals surface area (Å²) in [7, 11) is 0. The molecule has 6 nitrogen and oxygen atoms in total. The zero-order valence-corrected chi connectivity index (χ0v) is 44.5. The second-order valence-corrected chi connectivity index (χ2v) is 18.1. The highest BCUT2D eigenvalue weighted by Crippen LogP contribution is 2.14. The lowest BCUT2D eigenvalue weighted by Gasteiger charge is -2.18. The summed E-state index contributed by atoms with van der Waals surface area (Å²) in [5, 5.41) is 0. The van der Waals surface area contributed by atoms with Crippen LogP contribution in [-0.4, -0.2) is 37.2 Å². The monoisotopic (exact) mass is 955 g/mol. The molecule has 6 heteroatoms. The Morgan fingerprint density at radius 2 is 0.580 bits per heavy atom. The molecule has 0 saturated heterocycles. The average molecular weight is 956 g/mol. The number of ether oxygens (including phenoxy) is 3. The van der Waals surface area contributed by atoms with E-state index in [1.54, 1.807) is 0 Å². The van der Waals surface area contributed by atoms with Crippen LogP contribution in [0.3, 0.4) is 0 Å². The predicted molar refractivity (Wildman–Crippen MR) is 297 cm³/mol. The molecule has 0 heterocycles. The Hall–Kier alpha value is -4.19. The molecule has 0 amide bonds. The maximum absolute atomic E-state index is 12.8. The molecular weight excluding hydrogens is 853 g/mol. The highest BCUT2D eigenvalue weighted by molar-refractivity contribution is 5.71. The van der Waals surface area contributed by atoms with E-state index in [-0.39, 0.29) is 37.5 Å². The lowest BCUT2D eigenvalue weighted by Crippen LogP contribution is -2.30. The standard InChI is InChI=1S/C63H102O6/c1-4-7-10-13-16-19-21-23-25-27-28-29-30-31-32-33-34-36-37-39-41-44-47-50-53-56-62(65)68-59-60(58-67-61(64)55-52-49-46-43-18-15-12-9-6-3)69-63(66)57-54-51-48-45-42-40-38-35-26-24-22-20-17-14-11-8-5-2/h7-8,10-11,16-17,19-20,23-26,28-29,31-32,38,40,45,48,60H,4-6,9,12-15,18,21-22,27,30,33-37,39,41-44,46-47,49-59H2,1-3H3/b10-7-,11-8-,19-16-,20-17-,25-23-,26-24-,29-28-,32-31-,40-38-,48-45-. The summed E-state index contributed by atoms with van der Waals surface area (Å²) in [6.07, 6.45) is 77.7. The summed E-state index contributed by atoms with van der Waals surface area (Å²) in [6, 6.07) is 0. The van der Waals surface area contributed by atoms with Gasteiger partial charge in [0.2, 0.25) is 0 Å². The van der Waals surface area contributed by atoms with Crippen molar-refractivity contribution in [1.29, 1.82) is 0 Å². The molecule has 0 aliphatic rings. The molecule has 0 aromatic heterocycles. The molecule has 0 aliphatic heterocycles. The second-order valence-electron chi connectivity index (χ2n) is 18.1. The van der Waals surface area contributed by atoms with Gasteiger partial charge in [0.25, 0.3) is 0 Å². The lowest BCUT2D eigenvalue weighted by molar-refractivity contribution is -0.167. The number of esters is 3. The Labute approximate surface area is 424 Å². The van der Waals surface area contributed by atoms with E-state index in [9.17, 15) is 14.4 Å². The SMILES string of the molecule is CC/C=C\C/C=C\C/C=C\C/C=C\C/C=C\CCCCCCCCCCCC(=O)OCC(COC(=O)CCCCCCCCCCC)OC(=O)CCC/C=C\C/C=C\C/C=C\C/C=C\C/C=C\CC. The van der Waals surface area contributed by atoms with E-state index in [0.717, 1.165) is 116 Å². The normalized spacial score (nSPS) is 13.0. The fourth-order valence-electron chi connectivity index (χ4n) is 7.33. The molecule has 0 aromatic rings. The van der Waals surface area contributed by atoms with Crippen LogP contribution in [0.5, 0.6) is 0 Å².